The van der Waals surface area contributed by atoms with Crippen molar-refractivity contribution in [1.82, 2.24) is 5.01 Å². The van der Waals surface area contributed by atoms with Gasteiger partial charge in [-0.15, -0.1) is 0 Å². The SMILES string of the molecule is O=C1Nc2c(Cl)cccc2/C1=N/N1CCOCC1. The Hall–Kier alpha value is -1.59. The predicted octanol–water partition coefficient (Wildman–Crippen LogP) is 1.33. The molecule has 0 saturated carbocycles. The lowest BCUT2D eigenvalue weighted by Crippen LogP contribution is -2.34. The lowest BCUT2D eigenvalue weighted by Gasteiger charge is -2.24. The third-order valence-electron chi connectivity index (χ3n) is 2.95. The number of hydrogen-bond donors (Lipinski definition) is 1. The van der Waals surface area contributed by atoms with Gasteiger partial charge in [-0.1, -0.05) is 23.7 Å². The van der Waals surface area contributed by atoms with Crippen LogP contribution in [0.25, 0.3) is 0 Å². The molecule has 2 aliphatic heterocycles. The topological polar surface area (TPSA) is 53.9 Å². The fraction of sp³-hybridized carbons (Fsp3) is 0.333. The van der Waals surface area contributed by atoms with Crippen LogP contribution in [0.4, 0.5) is 5.69 Å². The van der Waals surface area contributed by atoms with Crippen molar-refractivity contribution in [2.75, 3.05) is 31.6 Å². The molecule has 0 unspecified atom stereocenters. The summed E-state index contributed by atoms with van der Waals surface area (Å²) >= 11 is 6.04. The molecule has 5 nitrogen and oxygen atoms in total. The molecule has 6 heteroatoms. The molecule has 0 aromatic heterocycles. The summed E-state index contributed by atoms with van der Waals surface area (Å²) < 4.78 is 5.25. The summed E-state index contributed by atoms with van der Waals surface area (Å²) in [4.78, 5) is 11.9. The van der Waals surface area contributed by atoms with Gasteiger partial charge in [0, 0.05) is 5.56 Å². The lowest BCUT2D eigenvalue weighted by molar-refractivity contribution is -0.110. The highest BCUT2D eigenvalue weighted by Crippen LogP contribution is 2.31. The Labute approximate surface area is 109 Å². The molecule has 1 fully saturated rings. The number of nitrogens with one attached hydrogen (secondary N) is 1. The maximum absolute atomic E-state index is 11.9. The molecule has 0 bridgehead atoms. The summed E-state index contributed by atoms with van der Waals surface area (Å²) in [5.41, 5.74) is 1.84. The molecule has 3 rings (SSSR count). The molecule has 1 aromatic rings. The molecular weight excluding hydrogens is 254 g/mol. The number of hydrazone groups is 1. The second-order valence-electron chi connectivity index (χ2n) is 4.13. The molecular formula is C12H12ClN3O2. The number of para-hydroxylation sites is 1. The highest BCUT2D eigenvalue weighted by Gasteiger charge is 2.28. The Kier molecular flexibility index (Phi) is 2.93. The summed E-state index contributed by atoms with van der Waals surface area (Å²) in [6.07, 6.45) is 0. The highest BCUT2D eigenvalue weighted by atomic mass is 35.5. The number of fused-ring (bicyclic) bond motifs is 1. The standard InChI is InChI=1S/C12H12ClN3O2/c13-9-3-1-2-8-10(9)14-12(17)11(8)15-16-4-6-18-7-5-16/h1-3H,4-7H2,(H,14,15,17). The average Bonchev–Trinajstić information content (AvgIpc) is 2.70. The van der Waals surface area contributed by atoms with Gasteiger partial charge in [0.1, 0.15) is 0 Å². The van der Waals surface area contributed by atoms with Crippen molar-refractivity contribution in [3.05, 3.63) is 28.8 Å². The minimum Gasteiger partial charge on any atom is -0.378 e. The lowest BCUT2D eigenvalue weighted by atomic mass is 10.1. The predicted molar refractivity (Wildman–Crippen MR) is 69.0 cm³/mol. The van der Waals surface area contributed by atoms with Gasteiger partial charge in [0.25, 0.3) is 5.91 Å². The van der Waals surface area contributed by atoms with Crippen LogP contribution in [0.2, 0.25) is 5.02 Å². The minimum atomic E-state index is -0.204. The van der Waals surface area contributed by atoms with Crippen molar-refractivity contribution in [2.24, 2.45) is 5.10 Å². The molecule has 18 heavy (non-hydrogen) atoms. The number of carbonyl (C=O) groups is 1. The van der Waals surface area contributed by atoms with Crippen LogP contribution in [0.1, 0.15) is 5.56 Å². The molecule has 1 N–H and O–H groups in total. The van der Waals surface area contributed by atoms with E-state index in [1.54, 1.807) is 6.07 Å². The first kappa shape index (κ1) is 11.5. The Morgan fingerprint density at radius 2 is 2.11 bits per heavy atom. The molecule has 2 heterocycles. The van der Waals surface area contributed by atoms with Crippen molar-refractivity contribution in [2.45, 2.75) is 0 Å². The van der Waals surface area contributed by atoms with Crippen LogP contribution in [-0.4, -0.2) is 42.9 Å². The van der Waals surface area contributed by atoms with E-state index >= 15 is 0 Å². The van der Waals surface area contributed by atoms with Gasteiger partial charge in [0.15, 0.2) is 5.71 Å². The van der Waals surface area contributed by atoms with Gasteiger partial charge >= 0.3 is 0 Å². The van der Waals surface area contributed by atoms with E-state index in [-0.39, 0.29) is 5.91 Å². The van der Waals surface area contributed by atoms with E-state index in [0.29, 0.717) is 42.7 Å². The second kappa shape index (κ2) is 4.59. The van der Waals surface area contributed by atoms with Crippen LogP contribution >= 0.6 is 11.6 Å². The van der Waals surface area contributed by atoms with Gasteiger partial charge in [-0.2, -0.15) is 5.10 Å². The van der Waals surface area contributed by atoms with Crippen molar-refractivity contribution in [1.29, 1.82) is 0 Å². The maximum Gasteiger partial charge on any atom is 0.276 e. The molecule has 1 aromatic carbocycles. The molecule has 1 amide bonds. The van der Waals surface area contributed by atoms with Gasteiger partial charge in [-0.05, 0) is 6.07 Å². The van der Waals surface area contributed by atoms with E-state index < -0.39 is 0 Å². The third-order valence-corrected chi connectivity index (χ3v) is 3.27. The van der Waals surface area contributed by atoms with Crippen LogP contribution in [0.15, 0.2) is 23.3 Å². The first-order valence-corrected chi connectivity index (χ1v) is 6.15. The number of morpholine rings is 1. The number of hydrogen-bond acceptors (Lipinski definition) is 4. The quantitative estimate of drug-likeness (QED) is 0.833. The normalized spacial score (nSPS) is 21.1. The third kappa shape index (κ3) is 1.95. The number of halogens is 1. The van der Waals surface area contributed by atoms with Crippen LogP contribution in [0, 0.1) is 0 Å². The first-order chi connectivity index (χ1) is 8.75. The van der Waals surface area contributed by atoms with Gasteiger partial charge in [-0.25, -0.2) is 0 Å². The first-order valence-electron chi connectivity index (χ1n) is 5.77. The summed E-state index contributed by atoms with van der Waals surface area (Å²) in [7, 11) is 0. The summed E-state index contributed by atoms with van der Waals surface area (Å²) in [6.45, 7) is 2.68. The smallest absolute Gasteiger partial charge is 0.276 e. The molecule has 1 saturated heterocycles. The molecule has 0 aliphatic carbocycles. The zero-order valence-corrected chi connectivity index (χ0v) is 10.4. The van der Waals surface area contributed by atoms with Crippen LogP contribution in [-0.2, 0) is 9.53 Å². The van der Waals surface area contributed by atoms with E-state index in [0.717, 1.165) is 5.56 Å². The zero-order valence-electron chi connectivity index (χ0n) is 9.65. The molecule has 94 valence electrons. The summed E-state index contributed by atoms with van der Waals surface area (Å²) in [6, 6.07) is 5.41. The van der Waals surface area contributed by atoms with Crippen molar-refractivity contribution < 1.29 is 9.53 Å². The second-order valence-corrected chi connectivity index (χ2v) is 4.54. The number of ether oxygens (including phenoxy) is 1. The maximum atomic E-state index is 11.9. The van der Waals surface area contributed by atoms with Crippen LogP contribution in [0.5, 0.6) is 0 Å². The van der Waals surface area contributed by atoms with Crippen LogP contribution in [0.3, 0.4) is 0 Å². The van der Waals surface area contributed by atoms with Crippen molar-refractivity contribution >= 4 is 28.9 Å². The van der Waals surface area contributed by atoms with Crippen molar-refractivity contribution in [3.8, 4) is 0 Å². The minimum absolute atomic E-state index is 0.204. The Morgan fingerprint density at radius 1 is 1.33 bits per heavy atom. The number of rotatable bonds is 1. The van der Waals surface area contributed by atoms with E-state index in [9.17, 15) is 4.79 Å². The monoisotopic (exact) mass is 265 g/mol. The van der Waals surface area contributed by atoms with E-state index in [1.165, 1.54) is 0 Å². The van der Waals surface area contributed by atoms with Gasteiger partial charge in [0.2, 0.25) is 0 Å². The molecule has 0 radical (unpaired) electrons. The Bertz CT molecular complexity index is 524. The van der Waals surface area contributed by atoms with Gasteiger partial charge in [0.05, 0.1) is 37.0 Å². The molecule has 2 aliphatic rings. The average molecular weight is 266 g/mol. The van der Waals surface area contributed by atoms with E-state index in [1.807, 2.05) is 17.1 Å². The van der Waals surface area contributed by atoms with Gasteiger partial charge in [-0.3, -0.25) is 9.80 Å². The fourth-order valence-corrected chi connectivity index (χ4v) is 2.26. The molecule has 0 atom stereocenters. The number of amides is 1. The number of carbonyl (C=O) groups excluding carboxylic acids is 1. The van der Waals surface area contributed by atoms with Gasteiger partial charge < -0.3 is 10.1 Å². The van der Waals surface area contributed by atoms with E-state index in [4.69, 9.17) is 16.3 Å². The summed E-state index contributed by atoms with van der Waals surface area (Å²) in [5, 5.41) is 9.53. The number of anilines is 1. The fourth-order valence-electron chi connectivity index (χ4n) is 2.04. The summed E-state index contributed by atoms with van der Waals surface area (Å²) in [5.74, 6) is -0.204. The molecule has 0 spiro atoms. The van der Waals surface area contributed by atoms with E-state index in [2.05, 4.69) is 10.4 Å². The number of nitrogens with zero attached hydrogens (tertiary/aromatic N) is 2. The Balaban J connectivity index is 1.96. The van der Waals surface area contributed by atoms with Crippen molar-refractivity contribution in [3.63, 3.8) is 0 Å². The van der Waals surface area contributed by atoms with Crippen LogP contribution < -0.4 is 5.32 Å². The number of benzene rings is 1. The largest absolute Gasteiger partial charge is 0.378 e. The Morgan fingerprint density at radius 3 is 2.89 bits per heavy atom. The highest BCUT2D eigenvalue weighted by molar-refractivity contribution is 6.55. The zero-order chi connectivity index (χ0) is 12.5.